The largest absolute Gasteiger partial charge is 0.454 e. The van der Waals surface area contributed by atoms with Crippen LogP contribution in [0.4, 0.5) is 0 Å². The summed E-state index contributed by atoms with van der Waals surface area (Å²) in [4.78, 5) is 18.6. The molecule has 8 aromatic rings. The average Bonchev–Trinajstić information content (AvgIpc) is 3.42. The molecule has 0 N–H and O–H groups in total. The van der Waals surface area contributed by atoms with Crippen LogP contribution in [-0.4, -0.2) is 24.5 Å². The van der Waals surface area contributed by atoms with Crippen LogP contribution in [0, 0.1) is 0 Å². The second-order valence-corrected chi connectivity index (χ2v) is 8.42. The maximum absolute atomic E-state index is 6.51. The zero-order chi connectivity index (χ0) is 22.2. The second-order valence-electron chi connectivity index (χ2n) is 8.42. The molecule has 4 heterocycles. The van der Waals surface area contributed by atoms with Gasteiger partial charge in [0.1, 0.15) is 11.1 Å². The molecule has 4 aromatic carbocycles. The smallest absolute Gasteiger partial charge is 0.235 e. The summed E-state index contributed by atoms with van der Waals surface area (Å²) >= 11 is 0. The predicted octanol–water partition coefficient (Wildman–Crippen LogP) is 6.57. The van der Waals surface area contributed by atoms with Crippen molar-refractivity contribution < 1.29 is 4.42 Å². The van der Waals surface area contributed by atoms with Gasteiger partial charge in [0.05, 0.1) is 22.1 Å². The maximum Gasteiger partial charge on any atom is 0.235 e. The van der Waals surface area contributed by atoms with Gasteiger partial charge in [-0.05, 0) is 24.3 Å². The Bertz CT molecular complexity index is 2090. The summed E-state index contributed by atoms with van der Waals surface area (Å²) in [6.45, 7) is 0. The van der Waals surface area contributed by atoms with Crippen LogP contribution in [0.25, 0.3) is 71.6 Å². The highest BCUT2D eigenvalue weighted by atomic mass is 16.3. The van der Waals surface area contributed by atoms with Gasteiger partial charge in [-0.1, -0.05) is 42.5 Å². The summed E-state index contributed by atoms with van der Waals surface area (Å²) in [6, 6.07) is 24.7. The summed E-state index contributed by atoms with van der Waals surface area (Å²) in [6.07, 6.45) is 5.29. The molecule has 6 nitrogen and oxygen atoms in total. The monoisotopic (exact) mass is 437 g/mol. The Hall–Kier alpha value is -4.84. The van der Waals surface area contributed by atoms with Crippen molar-refractivity contribution in [1.82, 2.24) is 24.5 Å². The molecule has 0 radical (unpaired) electrons. The molecule has 8 rings (SSSR count). The van der Waals surface area contributed by atoms with E-state index in [9.17, 15) is 0 Å². The fraction of sp³-hybridized carbons (Fsp3) is 0. The zero-order valence-corrected chi connectivity index (χ0v) is 17.8. The quantitative estimate of drug-likeness (QED) is 0.290. The number of rotatable bonds is 1. The Kier molecular flexibility index (Phi) is 3.31. The Labute approximate surface area is 192 Å². The van der Waals surface area contributed by atoms with Gasteiger partial charge in [-0.15, -0.1) is 0 Å². The topological polar surface area (TPSA) is 69.6 Å². The third-order valence-electron chi connectivity index (χ3n) is 6.54. The number of benzene rings is 4. The van der Waals surface area contributed by atoms with E-state index in [0.29, 0.717) is 5.95 Å². The fourth-order valence-electron chi connectivity index (χ4n) is 5.02. The highest BCUT2D eigenvalue weighted by Crippen LogP contribution is 2.40. The van der Waals surface area contributed by atoms with Crippen LogP contribution in [0.2, 0.25) is 0 Å². The van der Waals surface area contributed by atoms with E-state index in [1.54, 1.807) is 12.4 Å². The van der Waals surface area contributed by atoms with Crippen molar-refractivity contribution in [2.24, 2.45) is 0 Å². The molecule has 0 aliphatic heterocycles. The van der Waals surface area contributed by atoms with Gasteiger partial charge in [-0.3, -0.25) is 14.5 Å². The van der Waals surface area contributed by atoms with Gasteiger partial charge in [-0.25, -0.2) is 9.97 Å². The van der Waals surface area contributed by atoms with Crippen LogP contribution >= 0.6 is 0 Å². The number of hydrogen-bond donors (Lipinski definition) is 0. The molecule has 158 valence electrons. The van der Waals surface area contributed by atoms with Crippen molar-refractivity contribution in [3.63, 3.8) is 0 Å². The van der Waals surface area contributed by atoms with Crippen molar-refractivity contribution >= 4 is 65.7 Å². The van der Waals surface area contributed by atoms with E-state index in [-0.39, 0.29) is 0 Å². The summed E-state index contributed by atoms with van der Waals surface area (Å²) in [5.74, 6) is 0.617. The molecule has 0 atom stereocenters. The molecular formula is C28H15N5O. The van der Waals surface area contributed by atoms with Crippen LogP contribution in [0.15, 0.2) is 95.8 Å². The third kappa shape index (κ3) is 2.29. The minimum atomic E-state index is 0.617. The van der Waals surface area contributed by atoms with E-state index >= 15 is 0 Å². The number of aromatic nitrogens is 5. The predicted molar refractivity (Wildman–Crippen MR) is 134 cm³/mol. The number of hydrogen-bond acceptors (Lipinski definition) is 5. The lowest BCUT2D eigenvalue weighted by Crippen LogP contribution is -2.01. The molecule has 0 aliphatic rings. The van der Waals surface area contributed by atoms with E-state index in [0.717, 1.165) is 65.7 Å². The molecule has 0 fully saturated rings. The highest BCUT2D eigenvalue weighted by molar-refractivity contribution is 6.22. The molecule has 6 heteroatoms. The second kappa shape index (κ2) is 6.36. The molecule has 0 aliphatic carbocycles. The minimum absolute atomic E-state index is 0.617. The van der Waals surface area contributed by atoms with Gasteiger partial charge in [-0.2, -0.15) is 0 Å². The lowest BCUT2D eigenvalue weighted by molar-refractivity contribution is 0.671. The van der Waals surface area contributed by atoms with Crippen LogP contribution in [-0.2, 0) is 0 Å². The van der Waals surface area contributed by atoms with Crippen LogP contribution in [0.1, 0.15) is 0 Å². The molecule has 0 saturated heterocycles. The van der Waals surface area contributed by atoms with Crippen LogP contribution in [0.3, 0.4) is 0 Å². The van der Waals surface area contributed by atoms with Crippen LogP contribution in [0.5, 0.6) is 0 Å². The summed E-state index contributed by atoms with van der Waals surface area (Å²) < 4.78 is 8.62. The van der Waals surface area contributed by atoms with Crippen molar-refractivity contribution in [1.29, 1.82) is 0 Å². The number of para-hydroxylation sites is 2. The van der Waals surface area contributed by atoms with E-state index in [4.69, 9.17) is 14.4 Å². The fourth-order valence-corrected chi connectivity index (χ4v) is 5.02. The molecule has 0 unspecified atom stereocenters. The number of fused-ring (bicyclic) bond motifs is 9. The Balaban J connectivity index is 1.57. The van der Waals surface area contributed by atoms with Gasteiger partial charge in [0.25, 0.3) is 0 Å². The van der Waals surface area contributed by atoms with Gasteiger partial charge >= 0.3 is 0 Å². The van der Waals surface area contributed by atoms with Crippen molar-refractivity contribution in [2.45, 2.75) is 0 Å². The molecule has 0 amide bonds. The SMILES string of the molecule is c1ccc2nc(-n3c4ccccc4c4ccc5c6cc7nccnc7cc6oc5c43)ncc2c1. The molecular weight excluding hydrogens is 422 g/mol. The van der Waals surface area contributed by atoms with Crippen molar-refractivity contribution in [3.8, 4) is 5.95 Å². The lowest BCUT2D eigenvalue weighted by atomic mass is 10.1. The van der Waals surface area contributed by atoms with Crippen LogP contribution < -0.4 is 0 Å². The normalized spacial score (nSPS) is 12.1. The van der Waals surface area contributed by atoms with E-state index in [1.165, 1.54) is 0 Å². The zero-order valence-electron chi connectivity index (χ0n) is 17.8. The van der Waals surface area contributed by atoms with Crippen molar-refractivity contribution in [2.75, 3.05) is 0 Å². The first-order valence-electron chi connectivity index (χ1n) is 11.1. The van der Waals surface area contributed by atoms with Gasteiger partial charge < -0.3 is 4.42 Å². The molecule has 0 bridgehead atoms. The molecule has 0 spiro atoms. The maximum atomic E-state index is 6.51. The Morgan fingerprint density at radius 2 is 1.44 bits per heavy atom. The van der Waals surface area contributed by atoms with Gasteiger partial charge in [0.2, 0.25) is 5.95 Å². The van der Waals surface area contributed by atoms with E-state index in [1.807, 2.05) is 42.6 Å². The van der Waals surface area contributed by atoms with Crippen molar-refractivity contribution in [3.05, 3.63) is 91.4 Å². The molecule has 4 aromatic heterocycles. The average molecular weight is 437 g/mol. The first-order chi connectivity index (χ1) is 16.8. The summed E-state index contributed by atoms with van der Waals surface area (Å²) in [5, 5.41) is 5.28. The number of furan rings is 1. The van der Waals surface area contributed by atoms with E-state index < -0.39 is 0 Å². The first kappa shape index (κ1) is 17.7. The van der Waals surface area contributed by atoms with Gasteiger partial charge in [0, 0.05) is 51.6 Å². The highest BCUT2D eigenvalue weighted by Gasteiger charge is 2.20. The summed E-state index contributed by atoms with van der Waals surface area (Å²) in [5.41, 5.74) is 6.13. The Morgan fingerprint density at radius 1 is 0.647 bits per heavy atom. The Morgan fingerprint density at radius 3 is 2.38 bits per heavy atom. The standard InChI is InChI=1S/C28H15N5O/c1-3-7-21-16(5-1)15-31-28(32-21)33-24-8-4-2-6-17(24)18-9-10-19-20-13-22-23(30-12-11-29-22)14-25(20)34-27(19)26(18)33/h1-15H. The van der Waals surface area contributed by atoms with Gasteiger partial charge in [0.15, 0.2) is 5.58 Å². The first-order valence-corrected chi connectivity index (χ1v) is 11.1. The lowest BCUT2D eigenvalue weighted by Gasteiger charge is -2.07. The minimum Gasteiger partial charge on any atom is -0.454 e. The third-order valence-corrected chi connectivity index (χ3v) is 6.54. The molecule has 34 heavy (non-hydrogen) atoms. The number of nitrogens with zero attached hydrogens (tertiary/aromatic N) is 5. The summed E-state index contributed by atoms with van der Waals surface area (Å²) in [7, 11) is 0. The van der Waals surface area contributed by atoms with E-state index in [2.05, 4.69) is 50.9 Å². The molecule has 0 saturated carbocycles.